The number of hydrogen-bond acceptors (Lipinski definition) is 13. The summed E-state index contributed by atoms with van der Waals surface area (Å²) in [6.45, 7) is 19.1. The average Bonchev–Trinajstić information content (AvgIpc) is 3.90. The summed E-state index contributed by atoms with van der Waals surface area (Å²) in [4.78, 5) is 47.8. The molecule has 13 atom stereocenters. The van der Waals surface area contributed by atoms with Crippen LogP contribution < -0.4 is 0 Å². The van der Waals surface area contributed by atoms with Crippen LogP contribution >= 0.6 is 22.9 Å². The van der Waals surface area contributed by atoms with Crippen LogP contribution in [-0.2, 0) is 52.7 Å². The number of Topliss-reactive ketones (excluding diaryl/α,β-unsaturated/α-hetero) is 1. The first-order valence-corrected chi connectivity index (χ1v) is 24.8. The van der Waals surface area contributed by atoms with Gasteiger partial charge in [0.1, 0.15) is 23.7 Å². The van der Waals surface area contributed by atoms with Crippen LogP contribution in [-0.4, -0.2) is 135 Å². The molecule has 15 heteroatoms. The zero-order valence-electron chi connectivity index (χ0n) is 41.2. The van der Waals surface area contributed by atoms with Gasteiger partial charge in [0.25, 0.3) is 0 Å². The molecule has 0 amide bonds. The van der Waals surface area contributed by atoms with Crippen molar-refractivity contribution >= 4 is 40.7 Å². The molecule has 0 spiro atoms. The van der Waals surface area contributed by atoms with E-state index in [1.165, 1.54) is 25.2 Å². The molecule has 3 aliphatic heterocycles. The van der Waals surface area contributed by atoms with Gasteiger partial charge in [-0.3, -0.25) is 14.4 Å². The summed E-state index contributed by atoms with van der Waals surface area (Å²) in [5.74, 6) is -4.51. The normalized spacial score (nSPS) is 35.0. The van der Waals surface area contributed by atoms with E-state index in [2.05, 4.69) is 30.5 Å². The fraction of sp³-hybridized carbons (Fsp3) is 0.667. The molecule has 3 aromatic rings. The van der Waals surface area contributed by atoms with Crippen molar-refractivity contribution in [2.24, 2.45) is 23.2 Å². The lowest BCUT2D eigenvalue weighted by molar-refractivity contribution is -0.296. The van der Waals surface area contributed by atoms with Gasteiger partial charge in [0.2, 0.25) is 0 Å². The van der Waals surface area contributed by atoms with Crippen molar-refractivity contribution in [2.75, 3.05) is 27.7 Å². The smallest absolute Gasteiger partial charge is 0.316 e. The number of rotatable bonds is 9. The van der Waals surface area contributed by atoms with E-state index in [0.29, 0.717) is 23.8 Å². The number of thiophene rings is 1. The second kappa shape index (κ2) is 20.4. The first-order valence-electron chi connectivity index (χ1n) is 23.6. The number of hydrogen-bond donors (Lipinski definition) is 3. The van der Waals surface area contributed by atoms with Crippen molar-refractivity contribution in [1.29, 1.82) is 0 Å². The van der Waals surface area contributed by atoms with E-state index in [1.807, 2.05) is 75.1 Å². The molecule has 366 valence electrons. The van der Waals surface area contributed by atoms with Gasteiger partial charge in [-0.05, 0) is 110 Å². The average molecular weight is 957 g/mol. The molecule has 66 heavy (non-hydrogen) atoms. The lowest BCUT2D eigenvalue weighted by Crippen LogP contribution is -2.60. The van der Waals surface area contributed by atoms with Crippen LogP contribution in [0.5, 0.6) is 0 Å². The Hall–Kier alpha value is -3.18. The Balaban J connectivity index is 1.37. The molecule has 1 aromatic carbocycles. The van der Waals surface area contributed by atoms with Crippen LogP contribution in [0.1, 0.15) is 99.9 Å². The number of fused-ring (bicyclic) bond motifs is 1. The number of aliphatic hydroxyl groups excluding tert-OH is 1. The zero-order chi connectivity index (χ0) is 48.8. The highest BCUT2D eigenvalue weighted by Gasteiger charge is 2.51. The fourth-order valence-corrected chi connectivity index (χ4v) is 12.0. The van der Waals surface area contributed by atoms with Crippen molar-refractivity contribution < 1.29 is 48.7 Å². The Morgan fingerprint density at radius 1 is 1.00 bits per heavy atom. The molecule has 3 N–H and O–H groups in total. The first-order chi connectivity index (χ1) is 30.8. The summed E-state index contributed by atoms with van der Waals surface area (Å²) >= 11 is 8.04. The van der Waals surface area contributed by atoms with Crippen LogP contribution in [0.2, 0.25) is 4.34 Å². The third-order valence-corrected chi connectivity index (χ3v) is 15.6. The molecule has 0 saturated carbocycles. The number of benzene rings is 1. The highest BCUT2D eigenvalue weighted by atomic mass is 35.5. The topological polar surface area (TPSA) is 160 Å². The van der Waals surface area contributed by atoms with Crippen molar-refractivity contribution in [3.05, 3.63) is 58.2 Å². The maximum absolute atomic E-state index is 14.8. The highest BCUT2D eigenvalue weighted by molar-refractivity contribution is 7.19. The quantitative estimate of drug-likeness (QED) is 0.144. The first kappa shape index (κ1) is 52.2. The minimum absolute atomic E-state index is 0.0561. The molecule has 6 rings (SSSR count). The van der Waals surface area contributed by atoms with E-state index >= 15 is 0 Å². The number of ether oxygens (including phenoxy) is 4. The van der Waals surface area contributed by atoms with Crippen molar-refractivity contribution in [3.63, 3.8) is 0 Å². The molecule has 2 saturated heterocycles. The summed E-state index contributed by atoms with van der Waals surface area (Å²) in [7, 11) is 5.64. The largest absolute Gasteiger partial charge is 0.459 e. The number of aliphatic hydroxyl groups is 3. The maximum atomic E-state index is 14.8. The van der Waals surface area contributed by atoms with Crippen LogP contribution in [0.3, 0.4) is 0 Å². The minimum atomic E-state index is -1.83. The van der Waals surface area contributed by atoms with Crippen molar-refractivity contribution in [1.82, 2.24) is 14.4 Å². The SMILES string of the molecule is CC[C@H]1OC(=O)[C@H](C)C(=O)[C@H](C)[C@@H](O[C@@H]2O[C@H](C)C[C@H](N(C)C)[C@H]2OC(=O)Cc2c(-c3ccc(Cl)s3)c(-c3ccccc3)c3n2CC(C)(C)C3)[C@](C)(O)C[C@@H](C)CN(C)[C@H](C)[C@@H](O)[C@]1(C)O. The summed E-state index contributed by atoms with van der Waals surface area (Å²) in [6, 6.07) is 13.2. The van der Waals surface area contributed by atoms with Crippen molar-refractivity contribution in [3.8, 4) is 21.6 Å². The molecule has 5 heterocycles. The Morgan fingerprint density at radius 2 is 1.67 bits per heavy atom. The molecule has 0 bridgehead atoms. The van der Waals surface area contributed by atoms with Crippen LogP contribution in [0.25, 0.3) is 21.6 Å². The van der Waals surface area contributed by atoms with E-state index in [4.69, 9.17) is 30.5 Å². The van der Waals surface area contributed by atoms with E-state index in [9.17, 15) is 29.7 Å². The zero-order valence-corrected chi connectivity index (χ0v) is 42.7. The second-order valence-corrected chi connectivity index (χ2v) is 22.8. The summed E-state index contributed by atoms with van der Waals surface area (Å²) in [5.41, 5.74) is 1.49. The number of aromatic nitrogens is 1. The number of carbonyl (C=O) groups excluding carboxylic acids is 3. The van der Waals surface area contributed by atoms with E-state index in [0.717, 1.165) is 39.4 Å². The fourth-order valence-electron chi connectivity index (χ4n) is 10.9. The van der Waals surface area contributed by atoms with E-state index in [-0.39, 0.29) is 42.7 Å². The molecule has 2 fully saturated rings. The predicted molar refractivity (Wildman–Crippen MR) is 257 cm³/mol. The third-order valence-electron chi connectivity index (χ3n) is 14.4. The number of carbonyl (C=O) groups is 3. The lowest BCUT2D eigenvalue weighted by Gasteiger charge is -2.46. The molecule has 0 aliphatic carbocycles. The van der Waals surface area contributed by atoms with Gasteiger partial charge in [0.15, 0.2) is 18.2 Å². The standard InChI is InChI=1S/C51H74ClN3O10S/c1-14-38-51(10,61)45(58)32(6)54(13)26-28(2)24-50(9,60)46(30(4)43(57)31(5)47(59)63-38)65-48-44(35(53(11)12)22-29(3)62-48)64-40(56)23-34-42(37-20-21-39(52)66-37)41(33-18-16-15-17-19-33)36-25-49(7,8)27-55(34)36/h15-21,28-32,35,38,44-46,48,58,60-61H,14,22-27H2,1-13H3/t28-,29-,30+,31-,32-,35+,38-,44-,45-,46-,48+,50-,51-/m1/s1. The molecule has 0 unspecified atom stereocenters. The van der Waals surface area contributed by atoms with Gasteiger partial charge < -0.3 is 48.6 Å². The number of ketones is 1. The minimum Gasteiger partial charge on any atom is -0.459 e. The summed E-state index contributed by atoms with van der Waals surface area (Å²) < 4.78 is 28.8. The van der Waals surface area contributed by atoms with Gasteiger partial charge in [-0.1, -0.05) is 76.6 Å². The van der Waals surface area contributed by atoms with E-state index in [1.54, 1.807) is 27.7 Å². The van der Waals surface area contributed by atoms with Gasteiger partial charge in [-0.25, -0.2) is 0 Å². The number of halogens is 1. The van der Waals surface area contributed by atoms with Gasteiger partial charge in [-0.2, -0.15) is 0 Å². The van der Waals surface area contributed by atoms with Crippen LogP contribution in [0.4, 0.5) is 0 Å². The number of nitrogens with zero attached hydrogens (tertiary/aromatic N) is 3. The van der Waals surface area contributed by atoms with Crippen LogP contribution in [0, 0.1) is 23.2 Å². The molecule has 13 nitrogen and oxygen atoms in total. The maximum Gasteiger partial charge on any atom is 0.316 e. The highest BCUT2D eigenvalue weighted by Crippen LogP contribution is 2.49. The van der Waals surface area contributed by atoms with Gasteiger partial charge in [0.05, 0.1) is 34.6 Å². The Morgan fingerprint density at radius 3 is 2.27 bits per heavy atom. The summed E-state index contributed by atoms with van der Waals surface area (Å²) in [6.07, 6.45) is -4.64. The number of esters is 2. The summed E-state index contributed by atoms with van der Waals surface area (Å²) in [5, 5.41) is 35.7. The Bertz CT molecular complexity index is 2190. The van der Waals surface area contributed by atoms with Crippen molar-refractivity contribution in [2.45, 2.75) is 168 Å². The number of cyclic esters (lactones) is 1. The number of likely N-dealkylation sites (N-methyl/N-ethyl adjacent to an activating group) is 2. The molecule has 3 aliphatic rings. The Kier molecular flexibility index (Phi) is 16.2. The molecular weight excluding hydrogens is 882 g/mol. The second-order valence-electron chi connectivity index (χ2n) is 21.1. The third kappa shape index (κ3) is 11.0. The van der Waals surface area contributed by atoms with Gasteiger partial charge >= 0.3 is 11.9 Å². The van der Waals surface area contributed by atoms with Gasteiger partial charge in [0, 0.05) is 52.4 Å². The predicted octanol–water partition coefficient (Wildman–Crippen LogP) is 7.41. The van der Waals surface area contributed by atoms with Crippen LogP contribution in [0.15, 0.2) is 42.5 Å². The molecule has 0 radical (unpaired) electrons. The van der Waals surface area contributed by atoms with Gasteiger partial charge in [-0.15, -0.1) is 11.3 Å². The Labute approximate surface area is 400 Å². The molecule has 2 aromatic heterocycles. The molecular formula is C51H74ClN3O10S. The van der Waals surface area contributed by atoms with E-state index < -0.39 is 77.5 Å². The monoisotopic (exact) mass is 955 g/mol. The lowest BCUT2D eigenvalue weighted by atomic mass is 9.78.